The van der Waals surface area contributed by atoms with E-state index >= 15 is 0 Å². The average Bonchev–Trinajstić information content (AvgIpc) is 2.47. The third-order valence-corrected chi connectivity index (χ3v) is 4.82. The number of hydrogen-bond donors (Lipinski definition) is 0. The Morgan fingerprint density at radius 3 is 2.50 bits per heavy atom. The van der Waals surface area contributed by atoms with Crippen LogP contribution in [-0.4, -0.2) is 5.78 Å². The van der Waals surface area contributed by atoms with E-state index in [1.54, 1.807) is 0 Å². The van der Waals surface area contributed by atoms with Crippen LogP contribution in [0.15, 0.2) is 40.9 Å². The molecule has 0 aliphatic heterocycles. The maximum absolute atomic E-state index is 12.4. The highest BCUT2D eigenvalue weighted by Crippen LogP contribution is 2.28. The Morgan fingerprint density at radius 2 is 1.70 bits per heavy atom. The molecule has 2 aromatic carbocycles. The smallest absolute Gasteiger partial charge is 0.163 e. The van der Waals surface area contributed by atoms with Crippen molar-refractivity contribution in [1.82, 2.24) is 0 Å². The number of Topliss-reactive ketones (excluding diaryl/α,β-unsaturated/α-hetero) is 1. The second-order valence-electron chi connectivity index (χ2n) is 5.84. The number of benzene rings is 2. The summed E-state index contributed by atoms with van der Waals surface area (Å²) in [6.07, 6.45) is 7.11. The molecule has 1 fully saturated rings. The van der Waals surface area contributed by atoms with Gasteiger partial charge in [0.05, 0.1) is 0 Å². The van der Waals surface area contributed by atoms with Crippen molar-refractivity contribution in [1.29, 1.82) is 0 Å². The van der Waals surface area contributed by atoms with Crippen molar-refractivity contribution < 1.29 is 4.79 Å². The molecule has 2 heteroatoms. The molecule has 20 heavy (non-hydrogen) atoms. The zero-order valence-corrected chi connectivity index (χ0v) is 13.2. The molecule has 1 saturated carbocycles. The van der Waals surface area contributed by atoms with Crippen LogP contribution < -0.4 is 0 Å². The van der Waals surface area contributed by atoms with Crippen molar-refractivity contribution in [3.8, 4) is 0 Å². The van der Waals surface area contributed by atoms with E-state index in [0.29, 0.717) is 11.7 Å². The Balaban J connectivity index is 1.78. The summed E-state index contributed by atoms with van der Waals surface area (Å²) in [7, 11) is 0. The molecule has 3 rings (SSSR count). The van der Waals surface area contributed by atoms with Crippen LogP contribution in [0.3, 0.4) is 0 Å². The molecular weight excluding hydrogens is 312 g/mol. The molecule has 0 atom stereocenters. The minimum Gasteiger partial charge on any atom is -0.294 e. The topological polar surface area (TPSA) is 17.1 Å². The SMILES string of the molecule is O=C(CC1CCCCC1)c1ccc2cc(Br)ccc2c1. The van der Waals surface area contributed by atoms with Crippen molar-refractivity contribution >= 4 is 32.5 Å². The lowest BCUT2D eigenvalue weighted by molar-refractivity contribution is 0.0950. The van der Waals surface area contributed by atoms with Crippen molar-refractivity contribution in [2.45, 2.75) is 38.5 Å². The van der Waals surface area contributed by atoms with Crippen LogP contribution in [-0.2, 0) is 0 Å². The van der Waals surface area contributed by atoms with E-state index in [2.05, 4.69) is 28.1 Å². The summed E-state index contributed by atoms with van der Waals surface area (Å²) in [4.78, 5) is 12.4. The van der Waals surface area contributed by atoms with Crippen LogP contribution in [0.1, 0.15) is 48.9 Å². The van der Waals surface area contributed by atoms with E-state index in [4.69, 9.17) is 0 Å². The van der Waals surface area contributed by atoms with Crippen LogP contribution in [0.5, 0.6) is 0 Å². The number of hydrogen-bond acceptors (Lipinski definition) is 1. The van der Waals surface area contributed by atoms with Crippen molar-refractivity contribution in [2.75, 3.05) is 0 Å². The van der Waals surface area contributed by atoms with Gasteiger partial charge in [0.2, 0.25) is 0 Å². The van der Waals surface area contributed by atoms with E-state index < -0.39 is 0 Å². The predicted molar refractivity (Wildman–Crippen MR) is 87.2 cm³/mol. The summed E-state index contributed by atoms with van der Waals surface area (Å²) in [5, 5.41) is 2.32. The van der Waals surface area contributed by atoms with Gasteiger partial charge in [0.15, 0.2) is 5.78 Å². The van der Waals surface area contributed by atoms with Crippen molar-refractivity contribution in [3.63, 3.8) is 0 Å². The maximum atomic E-state index is 12.4. The first kappa shape index (κ1) is 13.8. The highest BCUT2D eigenvalue weighted by molar-refractivity contribution is 9.10. The summed E-state index contributed by atoms with van der Waals surface area (Å²) in [6, 6.07) is 12.2. The standard InChI is InChI=1S/C18H19BrO/c19-17-9-8-14-11-16(7-6-15(14)12-17)18(20)10-13-4-2-1-3-5-13/h6-9,11-13H,1-5,10H2. The largest absolute Gasteiger partial charge is 0.294 e. The second kappa shape index (κ2) is 6.09. The number of ketones is 1. The molecule has 0 spiro atoms. The van der Waals surface area contributed by atoms with Gasteiger partial charge in [-0.15, -0.1) is 0 Å². The normalized spacial score (nSPS) is 16.4. The molecule has 0 aromatic heterocycles. The number of carbonyl (C=O) groups excluding carboxylic acids is 1. The zero-order chi connectivity index (χ0) is 13.9. The predicted octanol–water partition coefficient (Wildman–Crippen LogP) is 5.76. The minimum atomic E-state index is 0.307. The quantitative estimate of drug-likeness (QED) is 0.654. The lowest BCUT2D eigenvalue weighted by atomic mass is 9.84. The molecular formula is C18H19BrO. The van der Waals surface area contributed by atoms with E-state index in [9.17, 15) is 4.79 Å². The molecule has 104 valence electrons. The third kappa shape index (κ3) is 3.12. The van der Waals surface area contributed by atoms with Gasteiger partial charge in [0, 0.05) is 16.5 Å². The first-order valence-corrected chi connectivity index (χ1v) is 8.24. The number of carbonyl (C=O) groups is 1. The second-order valence-corrected chi connectivity index (χ2v) is 6.75. The van der Waals surface area contributed by atoms with E-state index in [-0.39, 0.29) is 0 Å². The van der Waals surface area contributed by atoms with Gasteiger partial charge in [-0.1, -0.05) is 66.2 Å². The monoisotopic (exact) mass is 330 g/mol. The van der Waals surface area contributed by atoms with Gasteiger partial charge in [-0.25, -0.2) is 0 Å². The minimum absolute atomic E-state index is 0.307. The lowest BCUT2D eigenvalue weighted by Crippen LogP contribution is -2.12. The summed E-state index contributed by atoms with van der Waals surface area (Å²) in [6.45, 7) is 0. The Bertz CT molecular complexity index is 626. The third-order valence-electron chi connectivity index (χ3n) is 4.32. The fraction of sp³-hybridized carbons (Fsp3) is 0.389. The molecule has 0 radical (unpaired) electrons. The molecule has 0 saturated heterocycles. The number of fused-ring (bicyclic) bond motifs is 1. The average molecular weight is 331 g/mol. The first-order valence-electron chi connectivity index (χ1n) is 7.45. The molecule has 0 heterocycles. The molecule has 0 amide bonds. The van der Waals surface area contributed by atoms with Gasteiger partial charge in [-0.05, 0) is 34.9 Å². The summed E-state index contributed by atoms with van der Waals surface area (Å²) in [5.41, 5.74) is 0.866. The Labute approximate surface area is 128 Å². The van der Waals surface area contributed by atoms with Gasteiger partial charge >= 0.3 is 0 Å². The van der Waals surface area contributed by atoms with Crippen LogP contribution in [0.2, 0.25) is 0 Å². The fourth-order valence-electron chi connectivity index (χ4n) is 3.16. The van der Waals surface area contributed by atoms with Gasteiger partial charge in [-0.2, -0.15) is 0 Å². The Hall–Kier alpha value is -1.15. The first-order chi connectivity index (χ1) is 9.72. The van der Waals surface area contributed by atoms with E-state index in [0.717, 1.165) is 21.8 Å². The highest BCUT2D eigenvalue weighted by Gasteiger charge is 2.18. The van der Waals surface area contributed by atoms with Gasteiger partial charge < -0.3 is 0 Å². The van der Waals surface area contributed by atoms with Crippen molar-refractivity contribution in [3.05, 3.63) is 46.4 Å². The number of halogens is 1. The number of rotatable bonds is 3. The van der Waals surface area contributed by atoms with Crippen LogP contribution in [0.25, 0.3) is 10.8 Å². The van der Waals surface area contributed by atoms with Gasteiger partial charge in [0.25, 0.3) is 0 Å². The zero-order valence-electron chi connectivity index (χ0n) is 11.6. The van der Waals surface area contributed by atoms with Crippen molar-refractivity contribution in [2.24, 2.45) is 5.92 Å². The molecule has 0 unspecified atom stereocenters. The molecule has 0 bridgehead atoms. The van der Waals surface area contributed by atoms with Crippen LogP contribution >= 0.6 is 15.9 Å². The molecule has 0 N–H and O–H groups in total. The lowest BCUT2D eigenvalue weighted by Gasteiger charge is -2.20. The fourth-order valence-corrected chi connectivity index (χ4v) is 3.54. The molecule has 1 aliphatic carbocycles. The Kier molecular flexibility index (Phi) is 4.21. The van der Waals surface area contributed by atoms with Crippen LogP contribution in [0.4, 0.5) is 0 Å². The summed E-state index contributed by atoms with van der Waals surface area (Å²) < 4.78 is 1.08. The van der Waals surface area contributed by atoms with E-state index in [1.807, 2.05) is 24.3 Å². The molecule has 1 nitrogen and oxygen atoms in total. The van der Waals surface area contributed by atoms with Crippen LogP contribution in [0, 0.1) is 5.92 Å². The summed E-state index contributed by atoms with van der Waals surface area (Å²) in [5.74, 6) is 0.915. The highest BCUT2D eigenvalue weighted by atomic mass is 79.9. The maximum Gasteiger partial charge on any atom is 0.163 e. The Morgan fingerprint density at radius 1 is 1.00 bits per heavy atom. The van der Waals surface area contributed by atoms with Gasteiger partial charge in [-0.3, -0.25) is 4.79 Å². The summed E-state index contributed by atoms with van der Waals surface area (Å²) >= 11 is 3.48. The van der Waals surface area contributed by atoms with E-state index in [1.165, 1.54) is 37.5 Å². The molecule has 2 aromatic rings. The van der Waals surface area contributed by atoms with Gasteiger partial charge in [0.1, 0.15) is 0 Å². The molecule has 1 aliphatic rings.